The molecule has 1 aromatic carbocycles. The molecule has 1 aliphatic carbocycles. The fourth-order valence-electron chi connectivity index (χ4n) is 2.87. The van der Waals surface area contributed by atoms with Gasteiger partial charge in [-0.25, -0.2) is 0 Å². The molecule has 1 saturated carbocycles. The van der Waals surface area contributed by atoms with E-state index in [1.807, 2.05) is 31.3 Å². The second-order valence-corrected chi connectivity index (χ2v) is 5.43. The number of nitrogens with one attached hydrogen (secondary N) is 1. The minimum Gasteiger partial charge on any atom is -0.491 e. The van der Waals surface area contributed by atoms with Crippen LogP contribution in [0.15, 0.2) is 24.3 Å². The monoisotopic (exact) mass is 279 g/mol. The first kappa shape index (κ1) is 15.3. The summed E-state index contributed by atoms with van der Waals surface area (Å²) >= 11 is 0. The Morgan fingerprint density at radius 3 is 2.60 bits per heavy atom. The van der Waals surface area contributed by atoms with E-state index in [2.05, 4.69) is 5.32 Å². The molecule has 0 bridgehead atoms. The Bertz CT molecular complexity index is 414. The van der Waals surface area contributed by atoms with Crippen molar-refractivity contribution in [3.8, 4) is 5.75 Å². The van der Waals surface area contributed by atoms with Crippen LogP contribution in [0, 0.1) is 0 Å². The summed E-state index contributed by atoms with van der Waals surface area (Å²) in [4.78, 5) is 0. The van der Waals surface area contributed by atoms with E-state index < -0.39 is 5.60 Å². The van der Waals surface area contributed by atoms with Crippen LogP contribution >= 0.6 is 0 Å². The van der Waals surface area contributed by atoms with Gasteiger partial charge in [-0.15, -0.1) is 0 Å². The van der Waals surface area contributed by atoms with Gasteiger partial charge in [0, 0.05) is 18.7 Å². The summed E-state index contributed by atoms with van der Waals surface area (Å²) < 4.78 is 10.8. The van der Waals surface area contributed by atoms with Crippen LogP contribution in [-0.4, -0.2) is 38.5 Å². The summed E-state index contributed by atoms with van der Waals surface area (Å²) in [5, 5.41) is 14.2. The van der Waals surface area contributed by atoms with Crippen molar-refractivity contribution >= 4 is 0 Å². The highest BCUT2D eigenvalue weighted by Crippen LogP contribution is 2.41. The smallest absolute Gasteiger partial charge is 0.125 e. The van der Waals surface area contributed by atoms with E-state index in [1.54, 1.807) is 7.11 Å². The molecule has 0 spiro atoms. The highest BCUT2D eigenvalue weighted by molar-refractivity contribution is 5.38. The first-order valence-electron chi connectivity index (χ1n) is 7.30. The quantitative estimate of drug-likeness (QED) is 0.783. The van der Waals surface area contributed by atoms with Crippen molar-refractivity contribution in [1.29, 1.82) is 0 Å². The van der Waals surface area contributed by atoms with Crippen LogP contribution in [0.4, 0.5) is 0 Å². The average Bonchev–Trinajstić information content (AvgIpc) is 2.49. The van der Waals surface area contributed by atoms with Crippen molar-refractivity contribution in [1.82, 2.24) is 5.32 Å². The molecule has 0 heterocycles. The zero-order valence-corrected chi connectivity index (χ0v) is 12.4. The predicted octanol–water partition coefficient (Wildman–Crippen LogP) is 2.06. The van der Waals surface area contributed by atoms with E-state index in [-0.39, 0.29) is 0 Å². The predicted molar refractivity (Wildman–Crippen MR) is 79.0 cm³/mol. The van der Waals surface area contributed by atoms with Crippen LogP contribution in [0.1, 0.15) is 31.2 Å². The zero-order chi connectivity index (χ0) is 14.4. The molecule has 1 aromatic rings. The highest BCUT2D eigenvalue weighted by atomic mass is 16.5. The lowest BCUT2D eigenvalue weighted by atomic mass is 9.77. The van der Waals surface area contributed by atoms with Crippen molar-refractivity contribution in [2.45, 2.75) is 37.3 Å². The Morgan fingerprint density at radius 2 is 1.95 bits per heavy atom. The fraction of sp³-hybridized carbons (Fsp3) is 0.625. The molecule has 0 aliphatic heterocycles. The largest absolute Gasteiger partial charge is 0.491 e. The van der Waals surface area contributed by atoms with Gasteiger partial charge in [0.1, 0.15) is 12.4 Å². The van der Waals surface area contributed by atoms with Crippen LogP contribution in [0.25, 0.3) is 0 Å². The standard InChI is InChI=1S/C16H25NO3/c1-17-13-7-9-16(18,10-8-13)14-5-3-4-6-15(14)20-12-11-19-2/h3-6,13,17-18H,7-12H2,1-2H3. The molecule has 4 heteroatoms. The van der Waals surface area contributed by atoms with Gasteiger partial charge in [0.2, 0.25) is 0 Å². The van der Waals surface area contributed by atoms with Gasteiger partial charge in [-0.3, -0.25) is 0 Å². The number of ether oxygens (including phenoxy) is 2. The lowest BCUT2D eigenvalue weighted by Gasteiger charge is -2.37. The van der Waals surface area contributed by atoms with Gasteiger partial charge in [0.25, 0.3) is 0 Å². The Morgan fingerprint density at radius 1 is 1.25 bits per heavy atom. The highest BCUT2D eigenvalue weighted by Gasteiger charge is 2.36. The number of hydrogen-bond acceptors (Lipinski definition) is 4. The van der Waals surface area contributed by atoms with Crippen LogP contribution in [-0.2, 0) is 10.3 Å². The van der Waals surface area contributed by atoms with Gasteiger partial charge in [-0.1, -0.05) is 18.2 Å². The molecule has 0 amide bonds. The van der Waals surface area contributed by atoms with Crippen molar-refractivity contribution < 1.29 is 14.6 Å². The average molecular weight is 279 g/mol. The number of hydrogen-bond donors (Lipinski definition) is 2. The van der Waals surface area contributed by atoms with E-state index in [0.717, 1.165) is 37.0 Å². The molecule has 2 N–H and O–H groups in total. The van der Waals surface area contributed by atoms with Crippen molar-refractivity contribution in [2.75, 3.05) is 27.4 Å². The minimum absolute atomic E-state index is 0.503. The molecule has 0 saturated heterocycles. The Labute approximate surface area is 121 Å². The maximum absolute atomic E-state index is 11.0. The number of para-hydroxylation sites is 1. The van der Waals surface area contributed by atoms with Crippen molar-refractivity contribution in [2.24, 2.45) is 0 Å². The molecule has 2 rings (SSSR count). The van der Waals surface area contributed by atoms with Crippen LogP contribution in [0.5, 0.6) is 5.75 Å². The molecular formula is C16H25NO3. The Kier molecular flexibility index (Phi) is 5.40. The molecule has 0 unspecified atom stereocenters. The molecule has 1 aliphatic rings. The number of aliphatic hydroxyl groups is 1. The molecule has 112 valence electrons. The van der Waals surface area contributed by atoms with E-state index in [1.165, 1.54) is 0 Å². The molecule has 0 atom stereocenters. The summed E-state index contributed by atoms with van der Waals surface area (Å²) in [7, 11) is 3.64. The number of methoxy groups -OCH3 is 1. The fourth-order valence-corrected chi connectivity index (χ4v) is 2.87. The van der Waals surface area contributed by atoms with Gasteiger partial charge in [0.15, 0.2) is 0 Å². The van der Waals surface area contributed by atoms with Gasteiger partial charge in [-0.2, -0.15) is 0 Å². The van der Waals surface area contributed by atoms with Crippen molar-refractivity contribution in [3.05, 3.63) is 29.8 Å². The van der Waals surface area contributed by atoms with Gasteiger partial charge >= 0.3 is 0 Å². The maximum atomic E-state index is 11.0. The molecule has 0 aromatic heterocycles. The summed E-state index contributed by atoms with van der Waals surface area (Å²) in [6.45, 7) is 1.05. The second kappa shape index (κ2) is 7.07. The van der Waals surface area contributed by atoms with E-state index >= 15 is 0 Å². The molecule has 1 fully saturated rings. The van der Waals surface area contributed by atoms with Gasteiger partial charge in [-0.05, 0) is 38.8 Å². The SMILES string of the molecule is CNC1CCC(O)(c2ccccc2OCCOC)CC1. The minimum atomic E-state index is -0.767. The third-order valence-electron chi connectivity index (χ3n) is 4.15. The Hall–Kier alpha value is -1.10. The molecular weight excluding hydrogens is 254 g/mol. The first-order chi connectivity index (χ1) is 9.69. The normalized spacial score (nSPS) is 26.4. The van der Waals surface area contributed by atoms with Crippen LogP contribution in [0.2, 0.25) is 0 Å². The van der Waals surface area contributed by atoms with Crippen molar-refractivity contribution in [3.63, 3.8) is 0 Å². The Balaban J connectivity index is 2.11. The van der Waals surface area contributed by atoms with E-state index in [0.29, 0.717) is 19.3 Å². The molecule has 4 nitrogen and oxygen atoms in total. The van der Waals surface area contributed by atoms with Gasteiger partial charge in [0.05, 0.1) is 12.2 Å². The van der Waals surface area contributed by atoms with Gasteiger partial charge < -0.3 is 19.9 Å². The lowest BCUT2D eigenvalue weighted by molar-refractivity contribution is -0.0103. The molecule has 20 heavy (non-hydrogen) atoms. The number of benzene rings is 1. The first-order valence-corrected chi connectivity index (χ1v) is 7.30. The summed E-state index contributed by atoms with van der Waals surface area (Å²) in [5.74, 6) is 0.773. The maximum Gasteiger partial charge on any atom is 0.125 e. The van der Waals surface area contributed by atoms with E-state index in [4.69, 9.17) is 9.47 Å². The summed E-state index contributed by atoms with van der Waals surface area (Å²) in [6, 6.07) is 8.31. The van der Waals surface area contributed by atoms with Crippen LogP contribution < -0.4 is 10.1 Å². The second-order valence-electron chi connectivity index (χ2n) is 5.43. The number of rotatable bonds is 6. The van der Waals surface area contributed by atoms with E-state index in [9.17, 15) is 5.11 Å². The molecule has 0 radical (unpaired) electrons. The van der Waals surface area contributed by atoms with Crippen LogP contribution in [0.3, 0.4) is 0 Å². The summed E-state index contributed by atoms with van der Waals surface area (Å²) in [6.07, 6.45) is 3.51. The lowest BCUT2D eigenvalue weighted by Crippen LogP contribution is -2.38. The third-order valence-corrected chi connectivity index (χ3v) is 4.15. The summed E-state index contributed by atoms with van der Waals surface area (Å²) in [5.41, 5.74) is 0.141. The zero-order valence-electron chi connectivity index (χ0n) is 12.4. The topological polar surface area (TPSA) is 50.7 Å². The third kappa shape index (κ3) is 3.51.